The van der Waals surface area contributed by atoms with E-state index >= 15 is 4.39 Å². The Kier molecular flexibility index (Phi) is 5.27. The van der Waals surface area contributed by atoms with Crippen LogP contribution in [0.25, 0.3) is 22.2 Å². The first kappa shape index (κ1) is 22.0. The summed E-state index contributed by atoms with van der Waals surface area (Å²) in [6, 6.07) is 4.21. The average Bonchev–Trinajstić information content (AvgIpc) is 3.35. The minimum absolute atomic E-state index is 0.0253. The molecule has 9 nitrogen and oxygen atoms in total. The topological polar surface area (TPSA) is 134 Å². The molecule has 0 unspecified atom stereocenters. The molecule has 4 atom stereocenters. The van der Waals surface area contributed by atoms with E-state index in [1.54, 1.807) is 0 Å². The summed E-state index contributed by atoms with van der Waals surface area (Å²) in [7, 11) is 0. The van der Waals surface area contributed by atoms with Crippen LogP contribution in [0.1, 0.15) is 31.6 Å². The number of aromatic nitrogens is 2. The summed E-state index contributed by atoms with van der Waals surface area (Å²) >= 11 is 6.31. The van der Waals surface area contributed by atoms with Gasteiger partial charge in [0.15, 0.2) is 12.1 Å². The molecule has 0 saturated carbocycles. The molecule has 2 aliphatic heterocycles. The molecule has 11 heteroatoms. The minimum atomic E-state index is -1.48. The summed E-state index contributed by atoms with van der Waals surface area (Å²) in [6.45, 7) is 3.31. The second-order valence-electron chi connectivity index (χ2n) is 8.64. The molecule has 5 rings (SSSR count). The summed E-state index contributed by atoms with van der Waals surface area (Å²) in [5, 5.41) is 33.5. The summed E-state index contributed by atoms with van der Waals surface area (Å²) in [5.41, 5.74) is -0.935. The lowest BCUT2D eigenvalue weighted by atomic mass is 10.00. The first-order valence-corrected chi connectivity index (χ1v) is 10.7. The van der Waals surface area contributed by atoms with Crippen molar-refractivity contribution in [2.45, 2.75) is 50.4 Å². The van der Waals surface area contributed by atoms with Crippen molar-refractivity contribution < 1.29 is 28.5 Å². The number of halogens is 2. The predicted octanol–water partition coefficient (Wildman–Crippen LogP) is 3.07. The maximum Gasteiger partial charge on any atom is 0.223 e. The van der Waals surface area contributed by atoms with Gasteiger partial charge in [-0.2, -0.15) is 5.26 Å². The van der Waals surface area contributed by atoms with Crippen LogP contribution < -0.4 is 5.32 Å². The van der Waals surface area contributed by atoms with E-state index in [-0.39, 0.29) is 45.1 Å². The minimum Gasteiger partial charge on any atom is -0.456 e. The number of furan rings is 1. The molecule has 0 radical (unpaired) electrons. The van der Waals surface area contributed by atoms with Crippen molar-refractivity contribution in [1.29, 1.82) is 5.26 Å². The molecule has 2 bridgehead atoms. The molecule has 172 valence electrons. The number of nitriles is 1. The van der Waals surface area contributed by atoms with E-state index in [1.807, 2.05) is 6.07 Å². The summed E-state index contributed by atoms with van der Waals surface area (Å²) in [6.07, 6.45) is 0.132. The Hall–Kier alpha value is -2.81. The van der Waals surface area contributed by atoms with Gasteiger partial charge in [0.2, 0.25) is 5.95 Å². The molecule has 4 heterocycles. The highest BCUT2D eigenvalue weighted by Gasteiger charge is 2.43. The number of ether oxygens (including phenoxy) is 2. The monoisotopic (exact) mass is 474 g/mol. The van der Waals surface area contributed by atoms with E-state index in [9.17, 15) is 15.5 Å². The quantitative estimate of drug-likeness (QED) is 0.521. The van der Waals surface area contributed by atoms with E-state index in [4.69, 9.17) is 25.5 Å². The molecule has 33 heavy (non-hydrogen) atoms. The number of benzene rings is 1. The Bertz CT molecular complexity index is 1280. The number of hydrogen-bond donors (Lipinski definition) is 3. The molecule has 2 aromatic heterocycles. The van der Waals surface area contributed by atoms with E-state index < -0.39 is 29.9 Å². The van der Waals surface area contributed by atoms with Gasteiger partial charge in [-0.15, -0.1) is 0 Å². The van der Waals surface area contributed by atoms with Crippen molar-refractivity contribution in [3.05, 3.63) is 40.5 Å². The largest absolute Gasteiger partial charge is 0.456 e. The van der Waals surface area contributed by atoms with E-state index in [0.717, 1.165) is 0 Å². The fourth-order valence-electron chi connectivity index (χ4n) is 4.19. The van der Waals surface area contributed by atoms with Crippen LogP contribution in [-0.2, 0) is 15.1 Å². The lowest BCUT2D eigenvalue weighted by molar-refractivity contribution is -0.156. The number of hydrogen-bond acceptors (Lipinski definition) is 9. The normalized spacial score (nSPS) is 24.8. The standard InChI is InChI=1S/C22H20ClFN4O5/c1-22(2,30)19-11(6-25)16-13(24)3-9(4-15(16)33-19)17-12(23)7-26-21(28-17)27-14-5-10-8-31-20(32-10)18(14)29/h3-4,7,10,14,18,20,29-30H,5,8H2,1-2H3,(H,26,27,28)/t10-,14+,18-,20+/m0/s1. The third-order valence-electron chi connectivity index (χ3n) is 5.72. The van der Waals surface area contributed by atoms with Gasteiger partial charge < -0.3 is 29.4 Å². The Morgan fingerprint density at radius 3 is 2.88 bits per heavy atom. The molecule has 1 aromatic carbocycles. The maximum absolute atomic E-state index is 15.1. The number of nitrogens with zero attached hydrogens (tertiary/aromatic N) is 3. The summed E-state index contributed by atoms with van der Waals surface area (Å²) in [4.78, 5) is 8.59. The Morgan fingerprint density at radius 1 is 1.36 bits per heavy atom. The van der Waals surface area contributed by atoms with Crippen LogP contribution in [0.15, 0.2) is 22.7 Å². The highest BCUT2D eigenvalue weighted by atomic mass is 35.5. The van der Waals surface area contributed by atoms with Gasteiger partial charge in [-0.25, -0.2) is 14.4 Å². The van der Waals surface area contributed by atoms with E-state index in [2.05, 4.69) is 15.3 Å². The molecular formula is C22H20ClFN4O5. The summed E-state index contributed by atoms with van der Waals surface area (Å²) < 4.78 is 31.7. The fraction of sp³-hybridized carbons (Fsp3) is 0.409. The van der Waals surface area contributed by atoms with Gasteiger partial charge in [-0.05, 0) is 32.4 Å². The molecule has 0 amide bonds. The highest BCUT2D eigenvalue weighted by Crippen LogP contribution is 2.38. The molecule has 2 aliphatic rings. The average molecular weight is 475 g/mol. The van der Waals surface area contributed by atoms with Crippen LogP contribution in [-0.4, -0.2) is 51.3 Å². The lowest BCUT2D eigenvalue weighted by Crippen LogP contribution is -2.48. The number of rotatable bonds is 4. The highest BCUT2D eigenvalue weighted by molar-refractivity contribution is 6.33. The maximum atomic E-state index is 15.1. The third kappa shape index (κ3) is 3.82. The zero-order valence-corrected chi connectivity index (χ0v) is 18.4. The van der Waals surface area contributed by atoms with Crippen molar-refractivity contribution in [2.24, 2.45) is 0 Å². The van der Waals surface area contributed by atoms with Crippen molar-refractivity contribution in [1.82, 2.24) is 9.97 Å². The van der Waals surface area contributed by atoms with Crippen molar-refractivity contribution in [3.63, 3.8) is 0 Å². The molecular weight excluding hydrogens is 455 g/mol. The Balaban J connectivity index is 1.53. The van der Waals surface area contributed by atoms with Crippen LogP contribution >= 0.6 is 11.6 Å². The van der Waals surface area contributed by atoms with E-state index in [0.29, 0.717) is 18.6 Å². The van der Waals surface area contributed by atoms with Crippen LogP contribution in [0.5, 0.6) is 0 Å². The van der Waals surface area contributed by atoms with Gasteiger partial charge in [-0.1, -0.05) is 11.6 Å². The van der Waals surface area contributed by atoms with Gasteiger partial charge in [0, 0.05) is 5.56 Å². The molecule has 0 spiro atoms. The van der Waals surface area contributed by atoms with Crippen molar-refractivity contribution in [2.75, 3.05) is 11.9 Å². The smallest absolute Gasteiger partial charge is 0.223 e. The Morgan fingerprint density at radius 2 is 2.15 bits per heavy atom. The van der Waals surface area contributed by atoms with Gasteiger partial charge in [0.05, 0.1) is 41.1 Å². The fourth-order valence-corrected chi connectivity index (χ4v) is 4.39. The molecule has 3 N–H and O–H groups in total. The molecule has 2 fully saturated rings. The van der Waals surface area contributed by atoms with Gasteiger partial charge in [0.25, 0.3) is 0 Å². The van der Waals surface area contributed by atoms with E-state index in [1.165, 1.54) is 32.2 Å². The van der Waals surface area contributed by atoms with Crippen molar-refractivity contribution in [3.8, 4) is 17.3 Å². The van der Waals surface area contributed by atoms with Crippen LogP contribution in [0.4, 0.5) is 10.3 Å². The SMILES string of the molecule is CC(C)(O)c1oc2cc(-c3nc(N[C@@H]4C[C@H]5CO[C@H](O5)[C@H]4O)ncc3Cl)cc(F)c2c1C#N. The molecule has 2 saturated heterocycles. The zero-order valence-electron chi connectivity index (χ0n) is 17.7. The Labute approximate surface area is 192 Å². The zero-order chi connectivity index (χ0) is 23.5. The molecule has 3 aromatic rings. The van der Waals surface area contributed by atoms with Crippen LogP contribution in [0.3, 0.4) is 0 Å². The first-order valence-electron chi connectivity index (χ1n) is 10.3. The van der Waals surface area contributed by atoms with Gasteiger partial charge in [0.1, 0.15) is 34.7 Å². The van der Waals surface area contributed by atoms with Gasteiger partial charge >= 0.3 is 0 Å². The lowest BCUT2D eigenvalue weighted by Gasteiger charge is -2.32. The second-order valence-corrected chi connectivity index (χ2v) is 9.04. The summed E-state index contributed by atoms with van der Waals surface area (Å²) in [5.74, 6) is -0.553. The number of fused-ring (bicyclic) bond motifs is 3. The van der Waals surface area contributed by atoms with Crippen LogP contribution in [0.2, 0.25) is 5.02 Å². The number of aliphatic hydroxyl groups is 2. The number of aliphatic hydroxyl groups excluding tert-OH is 1. The van der Waals surface area contributed by atoms with Crippen molar-refractivity contribution >= 4 is 28.5 Å². The molecule has 0 aliphatic carbocycles. The first-order chi connectivity index (χ1) is 15.7. The third-order valence-corrected chi connectivity index (χ3v) is 6.00. The van der Waals surface area contributed by atoms with Crippen LogP contribution in [0, 0.1) is 17.1 Å². The van der Waals surface area contributed by atoms with Gasteiger partial charge in [-0.3, -0.25) is 0 Å². The predicted molar refractivity (Wildman–Crippen MR) is 115 cm³/mol. The second kappa shape index (κ2) is 7.90. The number of anilines is 1. The number of nitrogens with one attached hydrogen (secondary N) is 1.